The zero-order chi connectivity index (χ0) is 19.2. The van der Waals surface area contributed by atoms with Crippen LogP contribution in [-0.4, -0.2) is 40.6 Å². The SMILES string of the molecule is O=C(CCc1nc(-c2ccccc2)no1)NC[C@H](c1cccs1)N1CCCC1. The van der Waals surface area contributed by atoms with Crippen LogP contribution in [0.25, 0.3) is 11.4 Å². The third-order valence-electron chi connectivity index (χ3n) is 5.01. The van der Waals surface area contributed by atoms with Crippen LogP contribution in [-0.2, 0) is 11.2 Å². The van der Waals surface area contributed by atoms with Gasteiger partial charge in [0.1, 0.15) is 0 Å². The third-order valence-corrected chi connectivity index (χ3v) is 5.99. The highest BCUT2D eigenvalue weighted by Crippen LogP contribution is 2.27. The summed E-state index contributed by atoms with van der Waals surface area (Å²) in [6.07, 6.45) is 3.25. The first-order chi connectivity index (χ1) is 13.8. The van der Waals surface area contributed by atoms with Crippen molar-refractivity contribution in [2.45, 2.75) is 31.7 Å². The molecule has 3 aromatic rings. The molecule has 146 valence electrons. The number of hydrogen-bond acceptors (Lipinski definition) is 6. The predicted molar refractivity (Wildman–Crippen MR) is 109 cm³/mol. The molecule has 0 spiro atoms. The van der Waals surface area contributed by atoms with Crippen molar-refractivity contribution in [2.75, 3.05) is 19.6 Å². The van der Waals surface area contributed by atoms with Crippen molar-refractivity contribution in [1.29, 1.82) is 0 Å². The van der Waals surface area contributed by atoms with Gasteiger partial charge in [-0.05, 0) is 37.4 Å². The van der Waals surface area contributed by atoms with E-state index in [-0.39, 0.29) is 11.9 Å². The van der Waals surface area contributed by atoms with Crippen LogP contribution < -0.4 is 5.32 Å². The first-order valence-corrected chi connectivity index (χ1v) is 10.6. The van der Waals surface area contributed by atoms with E-state index in [9.17, 15) is 4.79 Å². The number of benzene rings is 1. The van der Waals surface area contributed by atoms with Crippen molar-refractivity contribution in [1.82, 2.24) is 20.4 Å². The summed E-state index contributed by atoms with van der Waals surface area (Å²) in [6.45, 7) is 2.84. The standard InChI is InChI=1S/C21H24N4O2S/c26-19(10-11-20-23-21(24-27-20)16-7-2-1-3-8-16)22-15-17(18-9-6-14-28-18)25-12-4-5-13-25/h1-3,6-9,14,17H,4-5,10-13,15H2,(H,22,26)/t17-/m1/s1. The van der Waals surface area contributed by atoms with Crippen LogP contribution in [0.2, 0.25) is 0 Å². The summed E-state index contributed by atoms with van der Waals surface area (Å²) >= 11 is 1.75. The van der Waals surface area contributed by atoms with Crippen molar-refractivity contribution < 1.29 is 9.32 Å². The molecule has 0 aliphatic carbocycles. The first-order valence-electron chi connectivity index (χ1n) is 9.72. The fourth-order valence-corrected chi connectivity index (χ4v) is 4.38. The maximum absolute atomic E-state index is 12.4. The number of nitrogens with one attached hydrogen (secondary N) is 1. The minimum atomic E-state index is 0.0141. The van der Waals surface area contributed by atoms with Crippen LogP contribution >= 0.6 is 11.3 Å². The number of aromatic nitrogens is 2. The molecule has 0 bridgehead atoms. The molecule has 7 heteroatoms. The summed E-state index contributed by atoms with van der Waals surface area (Å²) in [7, 11) is 0. The largest absolute Gasteiger partial charge is 0.354 e. The minimum absolute atomic E-state index is 0.0141. The molecule has 1 fully saturated rings. The van der Waals surface area contributed by atoms with Gasteiger partial charge in [0.05, 0.1) is 6.04 Å². The summed E-state index contributed by atoms with van der Waals surface area (Å²) < 4.78 is 5.29. The zero-order valence-corrected chi connectivity index (χ0v) is 16.5. The average molecular weight is 397 g/mol. The summed E-state index contributed by atoms with van der Waals surface area (Å²) in [6, 6.07) is 14.2. The van der Waals surface area contributed by atoms with Gasteiger partial charge in [0.25, 0.3) is 0 Å². The molecule has 3 heterocycles. The molecule has 0 saturated carbocycles. The van der Waals surface area contributed by atoms with Crippen molar-refractivity contribution in [3.05, 3.63) is 58.6 Å². The van der Waals surface area contributed by atoms with Gasteiger partial charge in [-0.15, -0.1) is 11.3 Å². The van der Waals surface area contributed by atoms with Crippen molar-refractivity contribution in [3.63, 3.8) is 0 Å². The van der Waals surface area contributed by atoms with E-state index in [1.54, 1.807) is 11.3 Å². The number of hydrogen-bond donors (Lipinski definition) is 1. The first kappa shape index (κ1) is 18.8. The summed E-state index contributed by atoms with van der Waals surface area (Å²) in [5, 5.41) is 9.19. The lowest BCUT2D eigenvalue weighted by molar-refractivity contribution is -0.121. The molecule has 0 unspecified atom stereocenters. The fraction of sp³-hybridized carbons (Fsp3) is 0.381. The number of amides is 1. The second-order valence-corrected chi connectivity index (χ2v) is 7.94. The molecule has 1 amide bonds. The highest BCUT2D eigenvalue weighted by molar-refractivity contribution is 7.10. The molecule has 1 aliphatic heterocycles. The van der Waals surface area contributed by atoms with Gasteiger partial charge in [-0.25, -0.2) is 0 Å². The maximum Gasteiger partial charge on any atom is 0.227 e. The molecule has 1 aromatic carbocycles. The van der Waals surface area contributed by atoms with Gasteiger partial charge >= 0.3 is 0 Å². The molecule has 1 N–H and O–H groups in total. The van der Waals surface area contributed by atoms with Crippen LogP contribution in [0.1, 0.15) is 36.1 Å². The normalized spacial score (nSPS) is 15.6. The Morgan fingerprint density at radius 1 is 1.18 bits per heavy atom. The second kappa shape index (κ2) is 9.12. The Balaban J connectivity index is 1.29. The molecule has 4 rings (SSSR count). The molecule has 1 aliphatic rings. The highest BCUT2D eigenvalue weighted by atomic mass is 32.1. The van der Waals surface area contributed by atoms with Gasteiger partial charge in [-0.3, -0.25) is 9.69 Å². The lowest BCUT2D eigenvalue weighted by Crippen LogP contribution is -2.36. The molecule has 1 atom stereocenters. The van der Waals surface area contributed by atoms with E-state index in [0.717, 1.165) is 18.7 Å². The topological polar surface area (TPSA) is 71.3 Å². The van der Waals surface area contributed by atoms with E-state index < -0.39 is 0 Å². The number of likely N-dealkylation sites (tertiary alicyclic amines) is 1. The number of aryl methyl sites for hydroxylation is 1. The Bertz CT molecular complexity index is 873. The van der Waals surface area contributed by atoms with Gasteiger partial charge in [0.15, 0.2) is 0 Å². The van der Waals surface area contributed by atoms with Gasteiger partial charge in [0.2, 0.25) is 17.6 Å². The van der Waals surface area contributed by atoms with Crippen LogP contribution in [0.5, 0.6) is 0 Å². The van der Waals surface area contributed by atoms with E-state index in [2.05, 4.69) is 37.9 Å². The van der Waals surface area contributed by atoms with Crippen LogP contribution in [0.15, 0.2) is 52.4 Å². The predicted octanol–water partition coefficient (Wildman–Crippen LogP) is 3.68. The van der Waals surface area contributed by atoms with Gasteiger partial charge in [-0.1, -0.05) is 41.6 Å². The molecule has 1 saturated heterocycles. The van der Waals surface area contributed by atoms with Crippen LogP contribution in [0, 0.1) is 0 Å². The molecule has 2 aromatic heterocycles. The monoisotopic (exact) mass is 396 g/mol. The number of thiophene rings is 1. The Kier molecular flexibility index (Phi) is 6.14. The lowest BCUT2D eigenvalue weighted by atomic mass is 10.2. The van der Waals surface area contributed by atoms with Gasteiger partial charge in [-0.2, -0.15) is 4.98 Å². The molecule has 28 heavy (non-hydrogen) atoms. The zero-order valence-electron chi connectivity index (χ0n) is 15.7. The Morgan fingerprint density at radius 3 is 2.75 bits per heavy atom. The van der Waals surface area contributed by atoms with Gasteiger partial charge in [0, 0.05) is 29.8 Å². The lowest BCUT2D eigenvalue weighted by Gasteiger charge is -2.26. The van der Waals surface area contributed by atoms with Crippen LogP contribution in [0.4, 0.5) is 0 Å². The van der Waals surface area contributed by atoms with Crippen molar-refractivity contribution in [3.8, 4) is 11.4 Å². The molecule has 0 radical (unpaired) electrons. The van der Waals surface area contributed by atoms with Crippen LogP contribution in [0.3, 0.4) is 0 Å². The summed E-state index contributed by atoms with van der Waals surface area (Å²) in [5.41, 5.74) is 0.909. The summed E-state index contributed by atoms with van der Waals surface area (Å²) in [4.78, 5) is 20.5. The van der Waals surface area contributed by atoms with E-state index in [0.29, 0.717) is 31.1 Å². The molecule has 6 nitrogen and oxygen atoms in total. The highest BCUT2D eigenvalue weighted by Gasteiger charge is 2.24. The van der Waals surface area contributed by atoms with E-state index in [4.69, 9.17) is 4.52 Å². The number of carbonyl (C=O) groups excluding carboxylic acids is 1. The van der Waals surface area contributed by atoms with Crippen molar-refractivity contribution >= 4 is 17.2 Å². The fourth-order valence-electron chi connectivity index (χ4n) is 3.52. The molecular weight excluding hydrogens is 372 g/mol. The Labute approximate surface area is 168 Å². The number of rotatable bonds is 8. The quantitative estimate of drug-likeness (QED) is 0.629. The van der Waals surface area contributed by atoms with Gasteiger partial charge < -0.3 is 9.84 Å². The second-order valence-electron chi connectivity index (χ2n) is 6.96. The Morgan fingerprint density at radius 2 is 2.00 bits per heavy atom. The van der Waals surface area contributed by atoms with Crippen molar-refractivity contribution in [2.24, 2.45) is 0 Å². The smallest absolute Gasteiger partial charge is 0.227 e. The van der Waals surface area contributed by atoms with E-state index in [1.807, 2.05) is 30.3 Å². The van der Waals surface area contributed by atoms with E-state index >= 15 is 0 Å². The Hall–Kier alpha value is -2.51. The number of carbonyl (C=O) groups is 1. The minimum Gasteiger partial charge on any atom is -0.354 e. The van der Waals surface area contributed by atoms with E-state index in [1.165, 1.54) is 17.7 Å². The molecular formula is C21H24N4O2S. The maximum atomic E-state index is 12.4. The summed E-state index contributed by atoms with van der Waals surface area (Å²) in [5.74, 6) is 1.06. The number of nitrogens with zero attached hydrogens (tertiary/aromatic N) is 3. The third kappa shape index (κ3) is 4.66. The average Bonchev–Trinajstić information content (AvgIpc) is 3.50.